The molecular weight excluding hydrogens is 392 g/mol. The fraction of sp³-hybridized carbons (Fsp3) is 0.421. The number of piperidine rings is 1. The maximum absolute atomic E-state index is 11.7. The number of anilines is 1. The first kappa shape index (κ1) is 19.4. The number of aromatic nitrogens is 2. The zero-order valence-electron chi connectivity index (χ0n) is 15.8. The molecule has 0 aromatic carbocycles. The summed E-state index contributed by atoms with van der Waals surface area (Å²) in [4.78, 5) is 34.3. The van der Waals surface area contributed by atoms with E-state index in [2.05, 4.69) is 25.5 Å². The lowest BCUT2D eigenvalue weighted by Gasteiger charge is -2.32. The molecular formula is C19H22N6O3S. The third kappa shape index (κ3) is 4.76. The molecule has 0 saturated carbocycles. The maximum Gasteiger partial charge on any atom is 0.290 e. The number of amidine groups is 1. The smallest absolute Gasteiger partial charge is 0.290 e. The minimum Gasteiger partial charge on any atom is -0.490 e. The van der Waals surface area contributed by atoms with E-state index >= 15 is 0 Å². The summed E-state index contributed by atoms with van der Waals surface area (Å²) >= 11 is 0.877. The van der Waals surface area contributed by atoms with E-state index in [0.717, 1.165) is 50.7 Å². The first-order valence-electron chi connectivity index (χ1n) is 9.54. The van der Waals surface area contributed by atoms with Gasteiger partial charge in [0.05, 0.1) is 16.9 Å². The number of carbonyl (C=O) groups excluding carboxylic acids is 2. The summed E-state index contributed by atoms with van der Waals surface area (Å²) in [6, 6.07) is 1.72. The Labute approximate surface area is 172 Å². The van der Waals surface area contributed by atoms with Crippen LogP contribution in [-0.2, 0) is 9.53 Å². The molecule has 1 unspecified atom stereocenters. The molecule has 2 saturated heterocycles. The van der Waals surface area contributed by atoms with Gasteiger partial charge in [-0.3, -0.25) is 20.3 Å². The second-order valence-corrected chi connectivity index (χ2v) is 8.11. The third-order valence-corrected chi connectivity index (χ3v) is 5.89. The van der Waals surface area contributed by atoms with Crippen molar-refractivity contribution in [1.29, 1.82) is 5.41 Å². The lowest BCUT2D eigenvalue weighted by atomic mass is 9.97. The van der Waals surface area contributed by atoms with Gasteiger partial charge >= 0.3 is 0 Å². The van der Waals surface area contributed by atoms with Crippen molar-refractivity contribution in [3.05, 3.63) is 35.2 Å². The first-order chi connectivity index (χ1) is 14.1. The number of carbonyl (C=O) groups is 2. The summed E-state index contributed by atoms with van der Waals surface area (Å²) in [6.07, 6.45) is 9.39. The van der Waals surface area contributed by atoms with Crippen LogP contribution in [0.4, 0.5) is 10.7 Å². The maximum atomic E-state index is 11.7. The number of thioether (sulfide) groups is 1. The Balaban J connectivity index is 1.29. The van der Waals surface area contributed by atoms with Crippen LogP contribution in [0.2, 0.25) is 0 Å². The fourth-order valence-electron chi connectivity index (χ4n) is 3.43. The van der Waals surface area contributed by atoms with Gasteiger partial charge < -0.3 is 15.0 Å². The lowest BCUT2D eigenvalue weighted by Crippen LogP contribution is -2.41. The van der Waals surface area contributed by atoms with Gasteiger partial charge in [0.2, 0.25) is 5.95 Å². The Morgan fingerprint density at radius 1 is 1.41 bits per heavy atom. The van der Waals surface area contributed by atoms with Gasteiger partial charge in [-0.25, -0.2) is 9.97 Å². The predicted molar refractivity (Wildman–Crippen MR) is 110 cm³/mol. The third-order valence-electron chi connectivity index (χ3n) is 5.08. The van der Waals surface area contributed by atoms with E-state index in [9.17, 15) is 9.59 Å². The van der Waals surface area contributed by atoms with Gasteiger partial charge in [0.15, 0.2) is 6.10 Å². The molecule has 2 fully saturated rings. The Kier molecular flexibility index (Phi) is 5.79. The second-order valence-electron chi connectivity index (χ2n) is 7.09. The molecule has 9 nitrogen and oxygen atoms in total. The standard InChI is InChI=1S/C19H22N6O3S/c20-16(14-2-1-9-28-14)22-11-12-4-7-25(8-5-12)18-21-6-3-13(23-18)10-15-17(26)24-19(27)29-15/h1,3,6,9-10,12,14H,2,4-5,7-8,11H2,(H2,20,22)(H,24,26,27)/b15-10-. The zero-order chi connectivity index (χ0) is 20.2. The van der Waals surface area contributed by atoms with Crippen LogP contribution in [0.5, 0.6) is 0 Å². The quantitative estimate of drug-likeness (QED) is 0.379. The van der Waals surface area contributed by atoms with Crippen molar-refractivity contribution in [2.75, 3.05) is 24.5 Å². The molecule has 0 aliphatic carbocycles. The van der Waals surface area contributed by atoms with Crippen molar-refractivity contribution in [1.82, 2.24) is 20.6 Å². The molecule has 1 aromatic rings. The molecule has 152 valence electrons. The number of ether oxygens (including phenoxy) is 1. The Morgan fingerprint density at radius 3 is 2.93 bits per heavy atom. The number of hydrogen-bond donors (Lipinski definition) is 3. The molecule has 1 atom stereocenters. The fourth-order valence-corrected chi connectivity index (χ4v) is 4.09. The number of hydrogen-bond acceptors (Lipinski definition) is 8. The average Bonchev–Trinajstić information content (AvgIpc) is 3.37. The van der Waals surface area contributed by atoms with Crippen LogP contribution in [0, 0.1) is 11.3 Å². The first-order valence-corrected chi connectivity index (χ1v) is 10.4. The normalized spacial score (nSPS) is 23.4. The molecule has 3 aliphatic heterocycles. The van der Waals surface area contributed by atoms with Crippen molar-refractivity contribution in [2.45, 2.75) is 25.4 Å². The topological polar surface area (TPSA) is 120 Å². The summed E-state index contributed by atoms with van der Waals surface area (Å²) in [7, 11) is 0. The van der Waals surface area contributed by atoms with E-state index in [1.54, 1.807) is 24.6 Å². The molecule has 0 spiro atoms. The number of amides is 2. The van der Waals surface area contributed by atoms with Crippen LogP contribution >= 0.6 is 11.8 Å². The highest BCUT2D eigenvalue weighted by molar-refractivity contribution is 8.18. The minimum absolute atomic E-state index is 0.171. The Morgan fingerprint density at radius 2 is 2.24 bits per heavy atom. The Bertz CT molecular complexity index is 870. The van der Waals surface area contributed by atoms with E-state index in [4.69, 9.17) is 10.1 Å². The monoisotopic (exact) mass is 414 g/mol. The van der Waals surface area contributed by atoms with Crippen LogP contribution < -0.4 is 15.5 Å². The van der Waals surface area contributed by atoms with Gasteiger partial charge in [0.25, 0.3) is 11.1 Å². The SMILES string of the molecule is N=C(NCC1CCN(c2nccc(/C=C3\SC(=O)NC3=O)n2)CC1)C1CC=CO1. The second kappa shape index (κ2) is 8.64. The summed E-state index contributed by atoms with van der Waals surface area (Å²) in [5, 5.41) is 13.1. The highest BCUT2D eigenvalue weighted by atomic mass is 32.2. The summed E-state index contributed by atoms with van der Waals surface area (Å²) in [5.41, 5.74) is 0.602. The van der Waals surface area contributed by atoms with Crippen LogP contribution in [0.25, 0.3) is 6.08 Å². The van der Waals surface area contributed by atoms with Crippen LogP contribution in [0.15, 0.2) is 29.5 Å². The summed E-state index contributed by atoms with van der Waals surface area (Å²) < 4.78 is 5.36. The molecule has 4 heterocycles. The van der Waals surface area contributed by atoms with Crippen molar-refractivity contribution in [3.63, 3.8) is 0 Å². The van der Waals surface area contributed by atoms with Crippen molar-refractivity contribution >= 4 is 40.8 Å². The van der Waals surface area contributed by atoms with Crippen molar-refractivity contribution < 1.29 is 14.3 Å². The molecule has 10 heteroatoms. The van der Waals surface area contributed by atoms with Gasteiger partial charge in [0.1, 0.15) is 5.84 Å². The minimum atomic E-state index is -0.391. The van der Waals surface area contributed by atoms with Crippen LogP contribution in [0.3, 0.4) is 0 Å². The molecule has 3 aliphatic rings. The largest absolute Gasteiger partial charge is 0.490 e. The van der Waals surface area contributed by atoms with Gasteiger partial charge in [-0.1, -0.05) is 0 Å². The van der Waals surface area contributed by atoms with Gasteiger partial charge in [0, 0.05) is 32.3 Å². The van der Waals surface area contributed by atoms with Crippen molar-refractivity contribution in [3.8, 4) is 0 Å². The molecule has 3 N–H and O–H groups in total. The van der Waals surface area contributed by atoms with Gasteiger partial charge in [-0.05, 0) is 48.7 Å². The Hall–Kier alpha value is -2.88. The van der Waals surface area contributed by atoms with E-state index in [1.807, 2.05) is 6.08 Å². The zero-order valence-corrected chi connectivity index (χ0v) is 16.6. The van der Waals surface area contributed by atoms with Crippen LogP contribution in [0.1, 0.15) is 25.0 Å². The molecule has 4 rings (SSSR count). The van der Waals surface area contributed by atoms with Gasteiger partial charge in [-0.2, -0.15) is 0 Å². The highest BCUT2D eigenvalue weighted by Crippen LogP contribution is 2.26. The van der Waals surface area contributed by atoms with Crippen molar-refractivity contribution in [2.24, 2.45) is 5.92 Å². The molecule has 0 radical (unpaired) electrons. The average molecular weight is 414 g/mol. The molecule has 0 bridgehead atoms. The van der Waals surface area contributed by atoms with Crippen LogP contribution in [-0.4, -0.2) is 52.7 Å². The molecule has 1 aromatic heterocycles. The summed E-state index contributed by atoms with van der Waals surface area (Å²) in [5.74, 6) is 1.15. The number of nitrogens with zero attached hydrogens (tertiary/aromatic N) is 3. The van der Waals surface area contributed by atoms with E-state index in [1.165, 1.54) is 0 Å². The highest BCUT2D eigenvalue weighted by Gasteiger charge is 2.26. The predicted octanol–water partition coefficient (Wildman–Crippen LogP) is 1.89. The number of nitrogens with one attached hydrogen (secondary N) is 3. The number of imide groups is 1. The van der Waals surface area contributed by atoms with E-state index in [-0.39, 0.29) is 11.3 Å². The lowest BCUT2D eigenvalue weighted by molar-refractivity contribution is -0.115. The number of rotatable bonds is 5. The van der Waals surface area contributed by atoms with Gasteiger partial charge in [-0.15, -0.1) is 0 Å². The van der Waals surface area contributed by atoms with E-state index in [0.29, 0.717) is 28.3 Å². The van der Waals surface area contributed by atoms with E-state index < -0.39 is 5.91 Å². The molecule has 29 heavy (non-hydrogen) atoms. The molecule has 2 amide bonds. The summed E-state index contributed by atoms with van der Waals surface area (Å²) in [6.45, 7) is 2.42.